The van der Waals surface area contributed by atoms with E-state index >= 15 is 0 Å². The van der Waals surface area contributed by atoms with E-state index < -0.39 is 0 Å². The maximum atomic E-state index is 5.75. The molecular weight excluding hydrogens is 252 g/mol. The molecule has 0 aliphatic heterocycles. The van der Waals surface area contributed by atoms with Gasteiger partial charge in [0.25, 0.3) is 0 Å². The zero-order valence-electron chi connectivity index (χ0n) is 9.93. The van der Waals surface area contributed by atoms with Gasteiger partial charge < -0.3 is 4.74 Å². The number of halogens is 1. The van der Waals surface area contributed by atoms with E-state index in [4.69, 9.17) is 4.74 Å². The molecule has 0 unspecified atom stereocenters. The maximum Gasteiger partial charge on any atom is 0.123 e. The van der Waals surface area contributed by atoms with Gasteiger partial charge in [0, 0.05) is 5.33 Å². The molecule has 0 radical (unpaired) electrons. The Bertz CT molecular complexity index is 326. The van der Waals surface area contributed by atoms with Crippen LogP contribution in [-0.2, 0) is 5.41 Å². The quantitative estimate of drug-likeness (QED) is 0.753. The molecule has 15 heavy (non-hydrogen) atoms. The lowest BCUT2D eigenvalue weighted by Gasteiger charge is -2.23. The first kappa shape index (κ1) is 12.6. The summed E-state index contributed by atoms with van der Waals surface area (Å²) in [5.74, 6) is 1.02. The number of ether oxygens (including phenoxy) is 1. The average Bonchev–Trinajstić information content (AvgIpc) is 2.12. The van der Waals surface area contributed by atoms with E-state index in [1.54, 1.807) is 0 Å². The lowest BCUT2D eigenvalue weighted by Crippen LogP contribution is -2.14. The van der Waals surface area contributed by atoms with E-state index in [1.807, 2.05) is 0 Å². The van der Waals surface area contributed by atoms with Crippen molar-refractivity contribution in [3.8, 4) is 5.75 Å². The minimum absolute atomic E-state index is 0.134. The van der Waals surface area contributed by atoms with Crippen LogP contribution in [0.5, 0.6) is 5.75 Å². The van der Waals surface area contributed by atoms with Crippen molar-refractivity contribution in [2.24, 2.45) is 0 Å². The van der Waals surface area contributed by atoms with Crippen molar-refractivity contribution in [1.29, 1.82) is 0 Å². The monoisotopic (exact) mass is 270 g/mol. The van der Waals surface area contributed by atoms with Crippen LogP contribution in [0.3, 0.4) is 0 Å². The normalized spacial score (nSPS) is 11.5. The molecule has 84 valence electrons. The van der Waals surface area contributed by atoms with E-state index in [1.165, 1.54) is 11.1 Å². The Kier molecular flexibility index (Phi) is 4.21. The summed E-state index contributed by atoms with van der Waals surface area (Å²) in [6.07, 6.45) is 0. The van der Waals surface area contributed by atoms with Gasteiger partial charge in [-0.3, -0.25) is 0 Å². The fraction of sp³-hybridized carbons (Fsp3) is 0.538. The van der Waals surface area contributed by atoms with Gasteiger partial charge >= 0.3 is 0 Å². The number of hydrogen-bond donors (Lipinski definition) is 0. The summed E-state index contributed by atoms with van der Waals surface area (Å²) in [5, 5.41) is 0.866. The smallest absolute Gasteiger partial charge is 0.123 e. The predicted molar refractivity (Wildman–Crippen MR) is 69.2 cm³/mol. The Balaban J connectivity index is 3.03. The van der Waals surface area contributed by atoms with Crippen molar-refractivity contribution < 1.29 is 4.74 Å². The average molecular weight is 271 g/mol. The second kappa shape index (κ2) is 5.02. The van der Waals surface area contributed by atoms with Crippen molar-refractivity contribution in [2.75, 3.05) is 11.9 Å². The van der Waals surface area contributed by atoms with Crippen molar-refractivity contribution >= 4 is 15.9 Å². The highest BCUT2D eigenvalue weighted by molar-refractivity contribution is 9.09. The Morgan fingerprint density at radius 3 is 2.47 bits per heavy atom. The van der Waals surface area contributed by atoms with E-state index in [0.717, 1.165) is 11.1 Å². The summed E-state index contributed by atoms with van der Waals surface area (Å²) >= 11 is 3.38. The fourth-order valence-electron chi connectivity index (χ4n) is 1.52. The molecule has 1 nitrogen and oxygen atoms in total. The van der Waals surface area contributed by atoms with Gasteiger partial charge in [0.15, 0.2) is 0 Å². The Labute approximate surface area is 101 Å². The van der Waals surface area contributed by atoms with Gasteiger partial charge in [0.1, 0.15) is 5.75 Å². The summed E-state index contributed by atoms with van der Waals surface area (Å²) in [5.41, 5.74) is 2.65. The van der Waals surface area contributed by atoms with Gasteiger partial charge in [0.05, 0.1) is 6.61 Å². The van der Waals surface area contributed by atoms with Gasteiger partial charge in [0.2, 0.25) is 0 Å². The molecule has 0 aromatic heterocycles. The molecule has 0 saturated heterocycles. The molecule has 2 heteroatoms. The van der Waals surface area contributed by atoms with Crippen molar-refractivity contribution in [3.63, 3.8) is 0 Å². The Hall–Kier alpha value is -0.500. The first-order valence-electron chi connectivity index (χ1n) is 5.25. The van der Waals surface area contributed by atoms with Crippen LogP contribution in [0.15, 0.2) is 18.2 Å². The molecule has 0 atom stereocenters. The van der Waals surface area contributed by atoms with Gasteiger partial charge in [-0.05, 0) is 29.5 Å². The zero-order valence-corrected chi connectivity index (χ0v) is 11.5. The highest BCUT2D eigenvalue weighted by Crippen LogP contribution is 2.31. The van der Waals surface area contributed by atoms with Gasteiger partial charge in [-0.1, -0.05) is 48.8 Å². The second-order valence-corrected chi connectivity index (χ2v) is 5.58. The first-order chi connectivity index (χ1) is 6.95. The van der Waals surface area contributed by atoms with Crippen LogP contribution < -0.4 is 4.74 Å². The van der Waals surface area contributed by atoms with Crippen LogP contribution in [0.4, 0.5) is 0 Å². The minimum atomic E-state index is 0.134. The zero-order chi connectivity index (χ0) is 11.5. The minimum Gasteiger partial charge on any atom is -0.492 e. The van der Waals surface area contributed by atoms with Gasteiger partial charge in [-0.15, -0.1) is 0 Å². The summed E-state index contributed by atoms with van der Waals surface area (Å²) in [7, 11) is 0. The number of benzene rings is 1. The van der Waals surface area contributed by atoms with Gasteiger partial charge in [-0.25, -0.2) is 0 Å². The van der Waals surface area contributed by atoms with E-state index in [-0.39, 0.29) is 5.41 Å². The molecule has 0 heterocycles. The molecular formula is C13H19BrO. The fourth-order valence-corrected chi connectivity index (χ4v) is 1.68. The molecule has 0 fully saturated rings. The molecule has 0 aliphatic carbocycles. The molecule has 1 rings (SSSR count). The largest absolute Gasteiger partial charge is 0.492 e. The molecule has 0 N–H and O–H groups in total. The van der Waals surface area contributed by atoms with Crippen LogP contribution in [-0.4, -0.2) is 11.9 Å². The Morgan fingerprint density at radius 1 is 1.27 bits per heavy atom. The number of alkyl halides is 1. The molecule has 0 bridgehead atoms. The molecule has 0 spiro atoms. The van der Waals surface area contributed by atoms with Crippen molar-refractivity contribution in [3.05, 3.63) is 29.3 Å². The third-order valence-corrected chi connectivity index (χ3v) is 2.60. The summed E-state index contributed by atoms with van der Waals surface area (Å²) in [4.78, 5) is 0. The molecule has 0 amide bonds. The van der Waals surface area contributed by atoms with Crippen LogP contribution in [0.25, 0.3) is 0 Å². The van der Waals surface area contributed by atoms with Crippen LogP contribution in [0, 0.1) is 6.92 Å². The Morgan fingerprint density at radius 2 is 1.93 bits per heavy atom. The van der Waals surface area contributed by atoms with Crippen LogP contribution >= 0.6 is 15.9 Å². The molecule has 1 aromatic rings. The predicted octanol–water partition coefficient (Wildman–Crippen LogP) is 4.07. The third-order valence-electron chi connectivity index (χ3n) is 2.28. The summed E-state index contributed by atoms with van der Waals surface area (Å²) < 4.78 is 5.75. The highest BCUT2D eigenvalue weighted by Gasteiger charge is 2.18. The first-order valence-corrected chi connectivity index (χ1v) is 6.37. The lowest BCUT2D eigenvalue weighted by molar-refractivity contribution is 0.334. The third kappa shape index (κ3) is 3.53. The van der Waals surface area contributed by atoms with E-state index in [0.29, 0.717) is 6.61 Å². The molecule has 0 aliphatic rings. The van der Waals surface area contributed by atoms with E-state index in [9.17, 15) is 0 Å². The molecule has 0 saturated carbocycles. The van der Waals surface area contributed by atoms with E-state index in [2.05, 4.69) is 61.8 Å². The number of aryl methyl sites for hydroxylation is 1. The maximum absolute atomic E-state index is 5.75. The van der Waals surface area contributed by atoms with Crippen LogP contribution in [0.1, 0.15) is 31.9 Å². The summed E-state index contributed by atoms with van der Waals surface area (Å²) in [6, 6.07) is 6.42. The molecule has 1 aromatic carbocycles. The topological polar surface area (TPSA) is 9.23 Å². The van der Waals surface area contributed by atoms with Crippen molar-refractivity contribution in [1.82, 2.24) is 0 Å². The second-order valence-electron chi connectivity index (χ2n) is 4.79. The standard InChI is InChI=1S/C13H19BrO/c1-10-5-6-11(13(2,3)4)12(9-10)15-8-7-14/h5-6,9H,7-8H2,1-4H3. The summed E-state index contributed by atoms with van der Waals surface area (Å²) in [6.45, 7) is 9.43. The van der Waals surface area contributed by atoms with Gasteiger partial charge in [-0.2, -0.15) is 0 Å². The number of hydrogen-bond acceptors (Lipinski definition) is 1. The lowest BCUT2D eigenvalue weighted by atomic mass is 9.86. The number of rotatable bonds is 3. The highest BCUT2D eigenvalue weighted by atomic mass is 79.9. The van der Waals surface area contributed by atoms with Crippen LogP contribution in [0.2, 0.25) is 0 Å². The SMILES string of the molecule is Cc1ccc(C(C)(C)C)c(OCCBr)c1. The van der Waals surface area contributed by atoms with Crippen molar-refractivity contribution in [2.45, 2.75) is 33.1 Å².